The number of carbonyl (C=O) groups excluding carboxylic acids is 2. The van der Waals surface area contributed by atoms with Crippen LogP contribution in [0.5, 0.6) is 0 Å². The van der Waals surface area contributed by atoms with Gasteiger partial charge in [-0.25, -0.2) is 9.59 Å². The van der Waals surface area contributed by atoms with Crippen molar-refractivity contribution in [3.8, 4) is 6.07 Å². The summed E-state index contributed by atoms with van der Waals surface area (Å²) < 4.78 is 5.35. The van der Waals surface area contributed by atoms with Crippen LogP contribution in [0.2, 0.25) is 0 Å². The monoisotopic (exact) mass is 408 g/mol. The number of carbonyl (C=O) groups is 3. The number of ether oxygens (including phenoxy) is 1. The van der Waals surface area contributed by atoms with Crippen molar-refractivity contribution < 1.29 is 24.2 Å². The number of nitrogens with one attached hydrogen (secondary N) is 2. The van der Waals surface area contributed by atoms with Gasteiger partial charge in [0.2, 0.25) is 0 Å². The van der Waals surface area contributed by atoms with Crippen LogP contribution in [0.1, 0.15) is 53.9 Å². The predicted octanol–water partition coefficient (Wildman–Crippen LogP) is 2.00. The minimum absolute atomic E-state index is 0.00392. The Morgan fingerprint density at radius 3 is 2.31 bits per heavy atom. The minimum atomic E-state index is -1.13. The highest BCUT2D eigenvalue weighted by Crippen LogP contribution is 2.15. The van der Waals surface area contributed by atoms with Crippen LogP contribution in [0.3, 0.4) is 0 Å². The highest BCUT2D eigenvalue weighted by atomic mass is 16.6. The Morgan fingerprint density at radius 1 is 1.28 bits per heavy atom. The standard InChI is InChI=1S/C20H32N4O5/c1-13(2)10-16(18(26)27)23-17(25)14(11-21)12-22-15-6-8-24(9-7-15)19(28)29-20(3,4)5/h12-13,15-16,22H,6-10H2,1-5H3,(H,23,25)(H,26,27)/b14-12-. The number of hydrogen-bond acceptors (Lipinski definition) is 6. The van der Waals surface area contributed by atoms with E-state index in [1.54, 1.807) is 11.0 Å². The van der Waals surface area contributed by atoms with Gasteiger partial charge in [-0.05, 0) is 46.0 Å². The average molecular weight is 408 g/mol. The Labute approximate surface area is 172 Å². The van der Waals surface area contributed by atoms with Crippen molar-refractivity contribution >= 4 is 18.0 Å². The molecule has 0 radical (unpaired) electrons. The van der Waals surface area contributed by atoms with Gasteiger partial charge in [-0.1, -0.05) is 13.8 Å². The number of carboxylic acids is 1. The molecule has 0 aliphatic carbocycles. The molecule has 0 bridgehead atoms. The molecule has 1 aliphatic rings. The molecule has 1 aliphatic heterocycles. The van der Waals surface area contributed by atoms with Gasteiger partial charge in [0.25, 0.3) is 5.91 Å². The van der Waals surface area contributed by atoms with Crippen molar-refractivity contribution in [3.05, 3.63) is 11.8 Å². The molecule has 29 heavy (non-hydrogen) atoms. The molecular weight excluding hydrogens is 376 g/mol. The molecule has 1 rings (SSSR count). The molecule has 9 heteroatoms. The summed E-state index contributed by atoms with van der Waals surface area (Å²) in [4.78, 5) is 37.2. The van der Waals surface area contributed by atoms with Crippen LogP contribution in [0, 0.1) is 17.2 Å². The van der Waals surface area contributed by atoms with Gasteiger partial charge in [0.15, 0.2) is 0 Å². The van der Waals surface area contributed by atoms with Crippen molar-refractivity contribution in [2.24, 2.45) is 5.92 Å². The fourth-order valence-corrected chi connectivity index (χ4v) is 2.83. The summed E-state index contributed by atoms with van der Waals surface area (Å²) in [5.74, 6) is -1.77. The number of rotatable bonds is 7. The SMILES string of the molecule is CC(C)CC(NC(=O)/C(C#N)=C\NC1CCN(C(=O)OC(C)(C)C)CC1)C(=O)O. The lowest BCUT2D eigenvalue weighted by atomic mass is 10.0. The van der Waals surface area contributed by atoms with E-state index in [4.69, 9.17) is 4.74 Å². The molecule has 1 saturated heterocycles. The molecule has 0 aromatic heterocycles. The topological polar surface area (TPSA) is 132 Å². The second-order valence-electron chi connectivity index (χ2n) is 8.57. The lowest BCUT2D eigenvalue weighted by molar-refractivity contribution is -0.141. The lowest BCUT2D eigenvalue weighted by Crippen LogP contribution is -2.46. The Bertz CT molecular complexity index is 667. The van der Waals surface area contributed by atoms with Crippen LogP contribution in [0.15, 0.2) is 11.8 Å². The number of nitriles is 1. The summed E-state index contributed by atoms with van der Waals surface area (Å²) in [7, 11) is 0. The first-order chi connectivity index (χ1) is 13.4. The first-order valence-corrected chi connectivity index (χ1v) is 9.80. The third kappa shape index (κ3) is 8.85. The van der Waals surface area contributed by atoms with Crippen molar-refractivity contribution in [1.82, 2.24) is 15.5 Å². The maximum Gasteiger partial charge on any atom is 0.410 e. The van der Waals surface area contributed by atoms with Gasteiger partial charge in [-0.2, -0.15) is 5.26 Å². The molecule has 1 unspecified atom stereocenters. The van der Waals surface area contributed by atoms with Crippen LogP contribution in [0.25, 0.3) is 0 Å². The van der Waals surface area contributed by atoms with Gasteiger partial charge in [0.05, 0.1) is 0 Å². The second kappa shape index (κ2) is 10.7. The smallest absolute Gasteiger partial charge is 0.410 e. The lowest BCUT2D eigenvalue weighted by Gasteiger charge is -2.33. The molecule has 9 nitrogen and oxygen atoms in total. The number of hydrogen-bond donors (Lipinski definition) is 3. The molecule has 0 aromatic carbocycles. The molecule has 162 valence electrons. The van der Waals surface area contributed by atoms with E-state index < -0.39 is 23.5 Å². The summed E-state index contributed by atoms with van der Waals surface area (Å²) in [5.41, 5.74) is -0.734. The Balaban J connectivity index is 2.58. The zero-order valence-electron chi connectivity index (χ0n) is 17.8. The normalized spacial score (nSPS) is 16.7. The second-order valence-corrected chi connectivity index (χ2v) is 8.57. The van der Waals surface area contributed by atoms with Gasteiger partial charge in [0.1, 0.15) is 23.3 Å². The number of amides is 2. The van der Waals surface area contributed by atoms with Gasteiger partial charge >= 0.3 is 12.1 Å². The van der Waals surface area contributed by atoms with E-state index in [0.29, 0.717) is 25.9 Å². The van der Waals surface area contributed by atoms with Crippen LogP contribution in [-0.4, -0.2) is 58.8 Å². The highest BCUT2D eigenvalue weighted by molar-refractivity contribution is 5.99. The first-order valence-electron chi connectivity index (χ1n) is 9.80. The van der Waals surface area contributed by atoms with Gasteiger partial charge in [-0.3, -0.25) is 4.79 Å². The van der Waals surface area contributed by atoms with Crippen molar-refractivity contribution in [3.63, 3.8) is 0 Å². The van der Waals surface area contributed by atoms with E-state index in [2.05, 4.69) is 10.6 Å². The minimum Gasteiger partial charge on any atom is -0.480 e. The Hall–Kier alpha value is -2.76. The van der Waals surface area contributed by atoms with Gasteiger partial charge in [-0.15, -0.1) is 0 Å². The number of likely N-dealkylation sites (tertiary alicyclic amines) is 1. The summed E-state index contributed by atoms with van der Waals surface area (Å²) in [5, 5.41) is 23.9. The maximum atomic E-state index is 12.2. The molecule has 0 aromatic rings. The quantitative estimate of drug-likeness (QED) is 0.433. The molecule has 1 fully saturated rings. The molecule has 0 saturated carbocycles. The fourth-order valence-electron chi connectivity index (χ4n) is 2.83. The number of piperidine rings is 1. The van der Waals surface area contributed by atoms with E-state index in [1.165, 1.54) is 6.20 Å². The number of aliphatic carboxylic acids is 1. The Kier molecular flexibility index (Phi) is 8.95. The molecular formula is C20H32N4O5. The predicted molar refractivity (Wildman–Crippen MR) is 107 cm³/mol. The summed E-state index contributed by atoms with van der Waals surface area (Å²) in [6.45, 7) is 10.2. The van der Waals surface area contributed by atoms with E-state index in [0.717, 1.165) is 0 Å². The zero-order chi connectivity index (χ0) is 22.2. The van der Waals surface area contributed by atoms with Crippen molar-refractivity contribution in [1.29, 1.82) is 5.26 Å². The van der Waals surface area contributed by atoms with Crippen molar-refractivity contribution in [2.45, 2.75) is 71.6 Å². The average Bonchev–Trinajstić information content (AvgIpc) is 2.60. The third-order valence-corrected chi connectivity index (χ3v) is 4.29. The molecule has 2 amide bonds. The largest absolute Gasteiger partial charge is 0.480 e. The van der Waals surface area contributed by atoms with E-state index >= 15 is 0 Å². The van der Waals surface area contributed by atoms with Crippen LogP contribution >= 0.6 is 0 Å². The van der Waals surface area contributed by atoms with Crippen LogP contribution in [-0.2, 0) is 14.3 Å². The first kappa shape index (κ1) is 24.3. The summed E-state index contributed by atoms with van der Waals surface area (Å²) in [6.07, 6.45) is 2.52. The van der Waals surface area contributed by atoms with Gasteiger partial charge in [0, 0.05) is 25.3 Å². The maximum absolute atomic E-state index is 12.2. The zero-order valence-corrected chi connectivity index (χ0v) is 17.8. The van der Waals surface area contributed by atoms with Crippen LogP contribution < -0.4 is 10.6 Å². The third-order valence-electron chi connectivity index (χ3n) is 4.29. The number of nitrogens with zero attached hydrogens (tertiary/aromatic N) is 2. The summed E-state index contributed by atoms with van der Waals surface area (Å²) in [6, 6.07) is 0.752. The van der Waals surface area contributed by atoms with E-state index in [1.807, 2.05) is 34.6 Å². The Morgan fingerprint density at radius 2 is 1.86 bits per heavy atom. The fraction of sp³-hybridized carbons (Fsp3) is 0.700. The van der Waals surface area contributed by atoms with Crippen LogP contribution in [0.4, 0.5) is 4.79 Å². The number of carboxylic acid groups (broad SMARTS) is 1. The molecule has 3 N–H and O–H groups in total. The molecule has 0 spiro atoms. The van der Waals surface area contributed by atoms with Crippen molar-refractivity contribution in [2.75, 3.05) is 13.1 Å². The molecule has 1 heterocycles. The molecule has 1 atom stereocenters. The van der Waals surface area contributed by atoms with Gasteiger partial charge < -0.3 is 25.4 Å². The van der Waals surface area contributed by atoms with E-state index in [9.17, 15) is 24.8 Å². The van der Waals surface area contributed by atoms with E-state index in [-0.39, 0.29) is 30.0 Å². The summed E-state index contributed by atoms with van der Waals surface area (Å²) >= 11 is 0. The highest BCUT2D eigenvalue weighted by Gasteiger charge is 2.27.